The van der Waals surface area contributed by atoms with Crippen LogP contribution in [-0.4, -0.2) is 32.5 Å². The summed E-state index contributed by atoms with van der Waals surface area (Å²) in [6.45, 7) is 1.61. The molecule has 2 atom stereocenters. The Morgan fingerprint density at radius 3 is 2.70 bits per heavy atom. The first-order valence-electron chi connectivity index (χ1n) is 8.86. The van der Waals surface area contributed by atoms with Crippen LogP contribution in [0, 0.1) is 11.8 Å². The standard InChI is InChI=1S/C17H25N3O2S/c21-23(22,19-11-13-5-6-13)15-7-8-17(18-12-15)20-10-9-14-3-1-2-4-16(14)20/h7-8,12-14,16,19H,1-6,9-11H2. The molecule has 3 fully saturated rings. The number of rotatable bonds is 5. The van der Waals surface area contributed by atoms with E-state index in [1.807, 2.05) is 6.07 Å². The van der Waals surface area contributed by atoms with E-state index in [0.717, 1.165) is 31.1 Å². The molecule has 6 heteroatoms. The highest BCUT2D eigenvalue weighted by atomic mass is 32.2. The van der Waals surface area contributed by atoms with Gasteiger partial charge in [0.1, 0.15) is 10.7 Å². The summed E-state index contributed by atoms with van der Waals surface area (Å²) >= 11 is 0. The van der Waals surface area contributed by atoms with E-state index < -0.39 is 10.0 Å². The lowest BCUT2D eigenvalue weighted by Gasteiger charge is -2.32. The number of nitrogens with zero attached hydrogens (tertiary/aromatic N) is 2. The third kappa shape index (κ3) is 3.24. The van der Waals surface area contributed by atoms with Gasteiger partial charge in [-0.25, -0.2) is 18.1 Å². The van der Waals surface area contributed by atoms with Gasteiger partial charge in [-0.05, 0) is 56.1 Å². The van der Waals surface area contributed by atoms with E-state index in [1.165, 1.54) is 38.3 Å². The first-order chi connectivity index (χ1) is 11.1. The van der Waals surface area contributed by atoms with E-state index in [-0.39, 0.29) is 4.90 Å². The van der Waals surface area contributed by atoms with E-state index in [9.17, 15) is 8.42 Å². The molecular weight excluding hydrogens is 310 g/mol. The Bertz CT molecular complexity index is 655. The average molecular weight is 335 g/mol. The van der Waals surface area contributed by atoms with Gasteiger partial charge >= 0.3 is 0 Å². The number of aromatic nitrogens is 1. The molecule has 0 aromatic carbocycles. The molecule has 3 aliphatic rings. The first-order valence-corrected chi connectivity index (χ1v) is 10.3. The van der Waals surface area contributed by atoms with Gasteiger partial charge in [-0.2, -0.15) is 0 Å². The SMILES string of the molecule is O=S(=O)(NCC1CC1)c1ccc(N2CCC3CCCCC32)nc1. The Kier molecular flexibility index (Phi) is 4.05. The Morgan fingerprint density at radius 1 is 1.13 bits per heavy atom. The molecule has 1 saturated heterocycles. The van der Waals surface area contributed by atoms with Gasteiger partial charge in [0.25, 0.3) is 0 Å². The Hall–Kier alpha value is -1.14. The summed E-state index contributed by atoms with van der Waals surface area (Å²) in [4.78, 5) is 7.13. The highest BCUT2D eigenvalue weighted by molar-refractivity contribution is 7.89. The second-order valence-electron chi connectivity index (χ2n) is 7.24. The highest BCUT2D eigenvalue weighted by Gasteiger charge is 2.36. The van der Waals surface area contributed by atoms with Crippen LogP contribution in [0.5, 0.6) is 0 Å². The molecule has 0 radical (unpaired) electrons. The predicted molar refractivity (Wildman–Crippen MR) is 89.9 cm³/mol. The van der Waals surface area contributed by atoms with Crippen LogP contribution in [0.4, 0.5) is 5.82 Å². The zero-order valence-corrected chi connectivity index (χ0v) is 14.3. The summed E-state index contributed by atoms with van der Waals surface area (Å²) < 4.78 is 27.2. The average Bonchev–Trinajstić information content (AvgIpc) is 3.31. The number of hydrogen-bond donors (Lipinski definition) is 1. The molecule has 2 unspecified atom stereocenters. The minimum atomic E-state index is -3.41. The molecular formula is C17H25N3O2S. The maximum Gasteiger partial charge on any atom is 0.242 e. The maximum atomic E-state index is 12.3. The van der Waals surface area contributed by atoms with E-state index in [1.54, 1.807) is 6.07 Å². The van der Waals surface area contributed by atoms with Crippen molar-refractivity contribution in [3.05, 3.63) is 18.3 Å². The number of pyridine rings is 1. The van der Waals surface area contributed by atoms with Crippen molar-refractivity contribution < 1.29 is 8.42 Å². The minimum absolute atomic E-state index is 0.279. The molecule has 1 aromatic rings. The molecule has 0 bridgehead atoms. The van der Waals surface area contributed by atoms with Crippen molar-refractivity contribution in [2.75, 3.05) is 18.0 Å². The number of anilines is 1. The van der Waals surface area contributed by atoms with Gasteiger partial charge in [0.2, 0.25) is 10.0 Å². The lowest BCUT2D eigenvalue weighted by Crippen LogP contribution is -2.35. The Balaban J connectivity index is 1.47. The largest absolute Gasteiger partial charge is 0.353 e. The van der Waals surface area contributed by atoms with Crippen LogP contribution in [0.15, 0.2) is 23.2 Å². The molecule has 2 saturated carbocycles. The van der Waals surface area contributed by atoms with Crippen LogP contribution in [0.2, 0.25) is 0 Å². The molecule has 126 valence electrons. The monoisotopic (exact) mass is 335 g/mol. The molecule has 23 heavy (non-hydrogen) atoms. The summed E-state index contributed by atoms with van der Waals surface area (Å²) in [5, 5.41) is 0. The van der Waals surface area contributed by atoms with Crippen molar-refractivity contribution in [1.29, 1.82) is 0 Å². The maximum absolute atomic E-state index is 12.3. The lowest BCUT2D eigenvalue weighted by molar-refractivity contribution is 0.341. The van der Waals surface area contributed by atoms with Crippen molar-refractivity contribution in [2.45, 2.75) is 55.9 Å². The fraction of sp³-hybridized carbons (Fsp3) is 0.706. The number of hydrogen-bond acceptors (Lipinski definition) is 4. The third-order valence-electron chi connectivity index (χ3n) is 5.59. The quantitative estimate of drug-likeness (QED) is 0.898. The molecule has 2 heterocycles. The molecule has 1 aromatic heterocycles. The van der Waals surface area contributed by atoms with E-state index in [4.69, 9.17) is 0 Å². The minimum Gasteiger partial charge on any atom is -0.353 e. The van der Waals surface area contributed by atoms with Gasteiger partial charge < -0.3 is 4.90 Å². The summed E-state index contributed by atoms with van der Waals surface area (Å²) in [5.74, 6) is 2.26. The smallest absolute Gasteiger partial charge is 0.242 e. The van der Waals surface area contributed by atoms with Gasteiger partial charge in [-0.15, -0.1) is 0 Å². The van der Waals surface area contributed by atoms with Gasteiger partial charge in [-0.1, -0.05) is 12.8 Å². The molecule has 1 N–H and O–H groups in total. The Morgan fingerprint density at radius 2 is 1.96 bits per heavy atom. The van der Waals surface area contributed by atoms with Crippen molar-refractivity contribution in [3.63, 3.8) is 0 Å². The van der Waals surface area contributed by atoms with Crippen LogP contribution in [0.3, 0.4) is 0 Å². The molecule has 0 amide bonds. The normalized spacial score (nSPS) is 27.9. The van der Waals surface area contributed by atoms with E-state index in [0.29, 0.717) is 18.5 Å². The van der Waals surface area contributed by atoms with Gasteiger partial charge in [0.15, 0.2) is 0 Å². The van der Waals surface area contributed by atoms with Crippen molar-refractivity contribution >= 4 is 15.8 Å². The molecule has 2 aliphatic carbocycles. The molecule has 1 aliphatic heterocycles. The fourth-order valence-corrected chi connectivity index (χ4v) is 5.08. The first kappa shape index (κ1) is 15.4. The second-order valence-corrected chi connectivity index (χ2v) is 9.01. The molecule has 0 spiro atoms. The van der Waals surface area contributed by atoms with E-state index >= 15 is 0 Å². The second kappa shape index (κ2) is 6.06. The summed E-state index contributed by atoms with van der Waals surface area (Å²) in [7, 11) is -3.41. The summed E-state index contributed by atoms with van der Waals surface area (Å²) in [5.41, 5.74) is 0. The predicted octanol–water partition coefficient (Wildman–Crippen LogP) is 2.54. The summed E-state index contributed by atoms with van der Waals surface area (Å²) in [6.07, 6.45) is 10.3. The fourth-order valence-electron chi connectivity index (χ4n) is 4.02. The van der Waals surface area contributed by atoms with Crippen molar-refractivity contribution in [2.24, 2.45) is 11.8 Å². The third-order valence-corrected chi connectivity index (χ3v) is 7.00. The van der Waals surface area contributed by atoms with Crippen LogP contribution < -0.4 is 9.62 Å². The van der Waals surface area contributed by atoms with E-state index in [2.05, 4.69) is 14.6 Å². The van der Waals surface area contributed by atoms with Gasteiger partial charge in [-0.3, -0.25) is 0 Å². The lowest BCUT2D eigenvalue weighted by atomic mass is 9.85. The van der Waals surface area contributed by atoms with Crippen LogP contribution in [0.25, 0.3) is 0 Å². The van der Waals surface area contributed by atoms with Gasteiger partial charge in [0, 0.05) is 25.3 Å². The topological polar surface area (TPSA) is 62.3 Å². The van der Waals surface area contributed by atoms with Crippen LogP contribution in [0.1, 0.15) is 44.9 Å². The molecule has 4 rings (SSSR count). The molecule has 5 nitrogen and oxygen atoms in total. The van der Waals surface area contributed by atoms with Crippen molar-refractivity contribution in [1.82, 2.24) is 9.71 Å². The Labute approximate surface area is 138 Å². The zero-order chi connectivity index (χ0) is 15.9. The highest BCUT2D eigenvalue weighted by Crippen LogP contribution is 2.38. The van der Waals surface area contributed by atoms with Crippen LogP contribution >= 0.6 is 0 Å². The van der Waals surface area contributed by atoms with Crippen LogP contribution in [-0.2, 0) is 10.0 Å². The van der Waals surface area contributed by atoms with Crippen molar-refractivity contribution in [3.8, 4) is 0 Å². The van der Waals surface area contributed by atoms with Gasteiger partial charge in [0.05, 0.1) is 0 Å². The summed E-state index contributed by atoms with van der Waals surface area (Å²) in [6, 6.07) is 4.18. The number of fused-ring (bicyclic) bond motifs is 1. The zero-order valence-electron chi connectivity index (χ0n) is 13.4. The number of nitrogens with one attached hydrogen (secondary N) is 1. The number of sulfonamides is 1.